The van der Waals surface area contributed by atoms with Crippen LogP contribution in [0.2, 0.25) is 0 Å². The molecule has 4 heteroatoms. The standard InChI is InChI=1S/C14H23NO2S/c1-10-6-12(10)13-5-4-11(17-13)7-15-8-14(2,16)9-18-3/h4-5,10,12,15-16H,6-9H2,1-3H3. The Kier molecular flexibility index (Phi) is 4.41. The monoisotopic (exact) mass is 269 g/mol. The smallest absolute Gasteiger partial charge is 0.117 e. The maximum absolute atomic E-state index is 10.0. The Morgan fingerprint density at radius 2 is 2.28 bits per heavy atom. The van der Waals surface area contributed by atoms with Gasteiger partial charge in [0, 0.05) is 18.2 Å². The fourth-order valence-corrected chi connectivity index (χ4v) is 2.95. The second-order valence-electron chi connectivity index (χ2n) is 5.66. The molecule has 2 rings (SSSR count). The van der Waals surface area contributed by atoms with Crippen LogP contribution in [-0.2, 0) is 6.54 Å². The Morgan fingerprint density at radius 3 is 2.89 bits per heavy atom. The van der Waals surface area contributed by atoms with Crippen LogP contribution in [0.4, 0.5) is 0 Å². The molecule has 1 fully saturated rings. The third-order valence-electron chi connectivity index (χ3n) is 3.42. The van der Waals surface area contributed by atoms with E-state index in [9.17, 15) is 5.11 Å². The summed E-state index contributed by atoms with van der Waals surface area (Å²) >= 11 is 1.66. The molecule has 0 aliphatic heterocycles. The Hall–Kier alpha value is -0.450. The molecule has 102 valence electrons. The van der Waals surface area contributed by atoms with E-state index < -0.39 is 5.60 Å². The summed E-state index contributed by atoms with van der Waals surface area (Å²) in [6.07, 6.45) is 3.26. The van der Waals surface area contributed by atoms with E-state index >= 15 is 0 Å². The van der Waals surface area contributed by atoms with E-state index in [4.69, 9.17) is 4.42 Å². The SMILES string of the molecule is CSCC(C)(O)CNCc1ccc(C2CC2C)o1. The second-order valence-corrected chi connectivity index (χ2v) is 6.52. The van der Waals surface area contributed by atoms with E-state index in [0.29, 0.717) is 19.0 Å². The molecule has 1 aromatic rings. The highest BCUT2D eigenvalue weighted by Crippen LogP contribution is 2.47. The summed E-state index contributed by atoms with van der Waals surface area (Å²) in [6, 6.07) is 4.13. The van der Waals surface area contributed by atoms with Gasteiger partial charge in [0.05, 0.1) is 12.1 Å². The van der Waals surface area contributed by atoms with E-state index in [1.54, 1.807) is 11.8 Å². The first kappa shape index (κ1) is 14.0. The van der Waals surface area contributed by atoms with Gasteiger partial charge in [-0.05, 0) is 37.7 Å². The predicted molar refractivity (Wildman–Crippen MR) is 75.9 cm³/mol. The van der Waals surface area contributed by atoms with Gasteiger partial charge in [0.2, 0.25) is 0 Å². The Bertz CT molecular complexity index is 389. The fraction of sp³-hybridized carbons (Fsp3) is 0.714. The van der Waals surface area contributed by atoms with Crippen LogP contribution in [0.3, 0.4) is 0 Å². The van der Waals surface area contributed by atoms with Crippen molar-refractivity contribution in [3.63, 3.8) is 0 Å². The Balaban J connectivity index is 1.75. The van der Waals surface area contributed by atoms with Gasteiger partial charge in [-0.3, -0.25) is 0 Å². The molecule has 1 saturated carbocycles. The van der Waals surface area contributed by atoms with Gasteiger partial charge in [-0.1, -0.05) is 6.92 Å². The molecule has 0 aromatic carbocycles. The average molecular weight is 269 g/mol. The lowest BCUT2D eigenvalue weighted by atomic mass is 10.1. The molecule has 3 unspecified atom stereocenters. The molecule has 3 nitrogen and oxygen atoms in total. The van der Waals surface area contributed by atoms with E-state index in [-0.39, 0.29) is 0 Å². The zero-order chi connectivity index (χ0) is 13.2. The van der Waals surface area contributed by atoms with Gasteiger partial charge in [-0.2, -0.15) is 11.8 Å². The van der Waals surface area contributed by atoms with Crippen molar-refractivity contribution < 1.29 is 9.52 Å². The quantitative estimate of drug-likeness (QED) is 0.798. The summed E-state index contributed by atoms with van der Waals surface area (Å²) < 4.78 is 5.80. The molecule has 0 bridgehead atoms. The highest BCUT2D eigenvalue weighted by molar-refractivity contribution is 7.98. The minimum Gasteiger partial charge on any atom is -0.464 e. The molecule has 2 N–H and O–H groups in total. The van der Waals surface area contributed by atoms with Gasteiger partial charge in [0.15, 0.2) is 0 Å². The summed E-state index contributed by atoms with van der Waals surface area (Å²) in [5.74, 6) is 4.24. The van der Waals surface area contributed by atoms with Crippen molar-refractivity contribution in [1.82, 2.24) is 5.32 Å². The number of furan rings is 1. The zero-order valence-corrected chi connectivity index (χ0v) is 12.2. The Morgan fingerprint density at radius 1 is 1.56 bits per heavy atom. The van der Waals surface area contributed by atoms with Crippen LogP contribution in [-0.4, -0.2) is 29.3 Å². The van der Waals surface area contributed by atoms with Crippen molar-refractivity contribution in [2.45, 2.75) is 38.3 Å². The van der Waals surface area contributed by atoms with Crippen LogP contribution in [0.1, 0.15) is 37.7 Å². The maximum Gasteiger partial charge on any atom is 0.117 e. The molecule has 18 heavy (non-hydrogen) atoms. The summed E-state index contributed by atoms with van der Waals surface area (Å²) in [4.78, 5) is 0. The molecule has 0 saturated heterocycles. The van der Waals surface area contributed by atoms with Crippen LogP contribution >= 0.6 is 11.8 Å². The molecule has 1 aliphatic rings. The highest BCUT2D eigenvalue weighted by Gasteiger charge is 2.36. The lowest BCUT2D eigenvalue weighted by Gasteiger charge is -2.22. The summed E-state index contributed by atoms with van der Waals surface area (Å²) in [5, 5.41) is 13.3. The lowest BCUT2D eigenvalue weighted by Crippen LogP contribution is -2.39. The van der Waals surface area contributed by atoms with Crippen molar-refractivity contribution in [2.24, 2.45) is 5.92 Å². The maximum atomic E-state index is 10.0. The van der Waals surface area contributed by atoms with E-state index in [1.807, 2.05) is 19.2 Å². The molecule has 1 aromatic heterocycles. The van der Waals surface area contributed by atoms with Crippen molar-refractivity contribution in [1.29, 1.82) is 0 Å². The zero-order valence-electron chi connectivity index (χ0n) is 11.4. The molecule has 3 atom stereocenters. The van der Waals surface area contributed by atoms with Crippen LogP contribution in [0.5, 0.6) is 0 Å². The highest BCUT2D eigenvalue weighted by atomic mass is 32.2. The normalized spacial score (nSPS) is 26.0. The number of rotatable bonds is 7. The van der Waals surface area contributed by atoms with Crippen molar-refractivity contribution in [3.8, 4) is 0 Å². The third-order valence-corrected chi connectivity index (χ3v) is 4.33. The summed E-state index contributed by atoms with van der Waals surface area (Å²) in [6.45, 7) is 5.38. The Labute approximate surface area is 113 Å². The largest absolute Gasteiger partial charge is 0.464 e. The molecule has 0 amide bonds. The molecule has 0 spiro atoms. The van der Waals surface area contributed by atoms with Gasteiger partial charge >= 0.3 is 0 Å². The molecular formula is C14H23NO2S. The van der Waals surface area contributed by atoms with Crippen LogP contribution in [0.25, 0.3) is 0 Å². The van der Waals surface area contributed by atoms with Crippen LogP contribution in [0.15, 0.2) is 16.5 Å². The lowest BCUT2D eigenvalue weighted by molar-refractivity contribution is 0.0840. The fourth-order valence-electron chi connectivity index (χ4n) is 2.22. The molecule has 0 radical (unpaired) electrons. The first-order valence-corrected chi connectivity index (χ1v) is 7.92. The summed E-state index contributed by atoms with van der Waals surface area (Å²) in [7, 11) is 0. The minimum atomic E-state index is -0.653. The molecule has 1 aliphatic carbocycles. The van der Waals surface area contributed by atoms with E-state index in [1.165, 1.54) is 6.42 Å². The average Bonchev–Trinajstić information content (AvgIpc) is 2.84. The van der Waals surface area contributed by atoms with Crippen LogP contribution < -0.4 is 5.32 Å². The number of nitrogens with one attached hydrogen (secondary N) is 1. The number of thioether (sulfide) groups is 1. The predicted octanol–water partition coefficient (Wildman–Crippen LogP) is 2.61. The van der Waals surface area contributed by atoms with Crippen molar-refractivity contribution in [3.05, 3.63) is 23.7 Å². The van der Waals surface area contributed by atoms with Gasteiger partial charge in [0.25, 0.3) is 0 Å². The first-order chi connectivity index (χ1) is 8.52. The van der Waals surface area contributed by atoms with E-state index in [0.717, 1.165) is 23.2 Å². The van der Waals surface area contributed by atoms with E-state index in [2.05, 4.69) is 18.3 Å². The van der Waals surface area contributed by atoms with Crippen LogP contribution in [0, 0.1) is 5.92 Å². The number of hydrogen-bond acceptors (Lipinski definition) is 4. The third kappa shape index (κ3) is 3.77. The molecular weight excluding hydrogens is 246 g/mol. The van der Waals surface area contributed by atoms with Gasteiger partial charge < -0.3 is 14.8 Å². The topological polar surface area (TPSA) is 45.4 Å². The number of aliphatic hydroxyl groups is 1. The van der Waals surface area contributed by atoms with Gasteiger partial charge in [-0.25, -0.2) is 0 Å². The van der Waals surface area contributed by atoms with Crippen molar-refractivity contribution >= 4 is 11.8 Å². The molecule has 1 heterocycles. The second kappa shape index (κ2) is 5.68. The first-order valence-electron chi connectivity index (χ1n) is 6.52. The van der Waals surface area contributed by atoms with Crippen molar-refractivity contribution in [2.75, 3.05) is 18.6 Å². The summed E-state index contributed by atoms with van der Waals surface area (Å²) in [5.41, 5.74) is -0.653. The van der Waals surface area contributed by atoms with Gasteiger partial charge in [-0.15, -0.1) is 0 Å². The minimum absolute atomic E-state index is 0.587. The van der Waals surface area contributed by atoms with Gasteiger partial charge in [0.1, 0.15) is 11.5 Å². The number of hydrogen-bond donors (Lipinski definition) is 2.